The summed E-state index contributed by atoms with van der Waals surface area (Å²) in [5.41, 5.74) is 6.41. The lowest BCUT2D eigenvalue weighted by Gasteiger charge is -2.00. The number of hydrogen-bond acceptors (Lipinski definition) is 4. The fraction of sp³-hybridized carbons (Fsp3) is 0.105. The van der Waals surface area contributed by atoms with Gasteiger partial charge in [0, 0.05) is 5.56 Å². The smallest absolute Gasteiger partial charge is 0.289 e. The number of carbonyl (C=O) groups is 1. The van der Waals surface area contributed by atoms with Crippen molar-refractivity contribution >= 4 is 12.1 Å². The number of nitrogens with one attached hydrogen (secondary N) is 2. The van der Waals surface area contributed by atoms with E-state index in [4.69, 9.17) is 4.74 Å². The summed E-state index contributed by atoms with van der Waals surface area (Å²) in [6.45, 7) is 2.01. The first-order valence-corrected chi connectivity index (χ1v) is 7.75. The molecule has 0 aliphatic heterocycles. The number of hydrazone groups is 1. The number of nitrogens with zero attached hydrogens (tertiary/aromatic N) is 2. The number of aromatic amines is 1. The van der Waals surface area contributed by atoms with Crippen molar-refractivity contribution in [3.63, 3.8) is 0 Å². The third-order valence-electron chi connectivity index (χ3n) is 3.65. The molecular weight excluding hydrogens is 316 g/mol. The molecule has 0 fully saturated rings. The molecule has 0 spiro atoms. The second-order valence-electron chi connectivity index (χ2n) is 5.51. The van der Waals surface area contributed by atoms with Crippen molar-refractivity contribution in [3.8, 4) is 17.0 Å². The minimum absolute atomic E-state index is 0.332. The summed E-state index contributed by atoms with van der Waals surface area (Å²) < 4.78 is 5.20. The number of aryl methyl sites for hydroxylation is 1. The van der Waals surface area contributed by atoms with Crippen LogP contribution < -0.4 is 10.2 Å². The van der Waals surface area contributed by atoms with Gasteiger partial charge in [-0.05, 0) is 30.7 Å². The van der Waals surface area contributed by atoms with Crippen molar-refractivity contribution in [2.24, 2.45) is 5.10 Å². The van der Waals surface area contributed by atoms with Crippen LogP contribution in [0.15, 0.2) is 59.7 Å². The molecule has 2 N–H and O–H groups in total. The first-order chi connectivity index (χ1) is 12.2. The van der Waals surface area contributed by atoms with Crippen LogP contribution in [0, 0.1) is 6.92 Å². The van der Waals surface area contributed by atoms with Crippen LogP contribution in [-0.4, -0.2) is 29.4 Å². The number of carbonyl (C=O) groups excluding carboxylic acids is 1. The van der Waals surface area contributed by atoms with Crippen molar-refractivity contribution in [1.29, 1.82) is 0 Å². The number of methoxy groups -OCH3 is 1. The molecule has 3 rings (SSSR count). The van der Waals surface area contributed by atoms with Crippen molar-refractivity contribution in [3.05, 3.63) is 71.4 Å². The standard InChI is InChI=1S/C19H18N4O2/c1-13-6-8-14(9-7-13)12-20-23-19(24)18-11-17(21-22-18)15-4-3-5-16(10-15)25-2/h3-12H,1-2H3,(H,21,22)(H,23,24). The van der Waals surface area contributed by atoms with Crippen molar-refractivity contribution < 1.29 is 9.53 Å². The van der Waals surface area contributed by atoms with Crippen LogP contribution in [0.4, 0.5) is 0 Å². The first kappa shape index (κ1) is 16.4. The van der Waals surface area contributed by atoms with E-state index in [-0.39, 0.29) is 5.91 Å². The Labute approximate surface area is 145 Å². The van der Waals surface area contributed by atoms with E-state index in [0.29, 0.717) is 11.4 Å². The van der Waals surface area contributed by atoms with Crippen molar-refractivity contribution in [1.82, 2.24) is 15.6 Å². The van der Waals surface area contributed by atoms with E-state index >= 15 is 0 Å². The molecule has 6 nitrogen and oxygen atoms in total. The Morgan fingerprint density at radius 1 is 1.20 bits per heavy atom. The number of rotatable bonds is 5. The number of ether oxygens (including phenoxy) is 1. The second kappa shape index (κ2) is 7.44. The number of aromatic nitrogens is 2. The molecule has 0 saturated carbocycles. The Bertz CT molecular complexity index is 898. The molecule has 0 bridgehead atoms. The summed E-state index contributed by atoms with van der Waals surface area (Å²) in [7, 11) is 1.61. The van der Waals surface area contributed by atoms with Gasteiger partial charge in [-0.3, -0.25) is 9.89 Å². The van der Waals surface area contributed by atoms with Gasteiger partial charge in [0.15, 0.2) is 0 Å². The maximum atomic E-state index is 12.1. The average molecular weight is 334 g/mol. The molecule has 0 radical (unpaired) electrons. The molecule has 0 saturated heterocycles. The van der Waals surface area contributed by atoms with Crippen LogP contribution in [0.1, 0.15) is 21.6 Å². The molecule has 3 aromatic rings. The summed E-state index contributed by atoms with van der Waals surface area (Å²) in [4.78, 5) is 12.1. The van der Waals surface area contributed by atoms with Gasteiger partial charge in [-0.2, -0.15) is 10.2 Å². The summed E-state index contributed by atoms with van der Waals surface area (Å²) >= 11 is 0. The number of H-pyrrole nitrogens is 1. The molecular formula is C19H18N4O2. The summed E-state index contributed by atoms with van der Waals surface area (Å²) in [6, 6.07) is 17.0. The average Bonchev–Trinajstić information content (AvgIpc) is 3.14. The van der Waals surface area contributed by atoms with E-state index in [9.17, 15) is 4.79 Å². The van der Waals surface area contributed by atoms with Gasteiger partial charge in [-0.25, -0.2) is 5.43 Å². The van der Waals surface area contributed by atoms with Gasteiger partial charge in [0.1, 0.15) is 11.4 Å². The zero-order valence-corrected chi connectivity index (χ0v) is 14.0. The lowest BCUT2D eigenvalue weighted by molar-refractivity contribution is 0.0950. The Hall–Kier alpha value is -3.41. The largest absolute Gasteiger partial charge is 0.497 e. The molecule has 1 aromatic heterocycles. The Kier molecular flexibility index (Phi) is 4.89. The monoisotopic (exact) mass is 334 g/mol. The minimum atomic E-state index is -0.356. The van der Waals surface area contributed by atoms with Gasteiger partial charge in [0.2, 0.25) is 0 Å². The minimum Gasteiger partial charge on any atom is -0.497 e. The van der Waals surface area contributed by atoms with E-state index in [0.717, 1.165) is 16.9 Å². The lowest BCUT2D eigenvalue weighted by atomic mass is 10.1. The fourth-order valence-corrected chi connectivity index (χ4v) is 2.25. The van der Waals surface area contributed by atoms with Gasteiger partial charge >= 0.3 is 0 Å². The zero-order chi connectivity index (χ0) is 17.6. The molecule has 0 unspecified atom stereocenters. The number of hydrogen-bond donors (Lipinski definition) is 2. The zero-order valence-electron chi connectivity index (χ0n) is 14.0. The maximum Gasteiger partial charge on any atom is 0.289 e. The SMILES string of the molecule is COc1cccc(-c2cc(C(=O)NN=Cc3ccc(C)cc3)[nH]n2)c1. The third kappa shape index (κ3) is 4.11. The summed E-state index contributed by atoms with van der Waals surface area (Å²) in [5, 5.41) is 10.9. The van der Waals surface area contributed by atoms with Gasteiger partial charge < -0.3 is 4.74 Å². The van der Waals surface area contributed by atoms with Crippen LogP contribution in [-0.2, 0) is 0 Å². The molecule has 0 atom stereocenters. The van der Waals surface area contributed by atoms with Gasteiger partial charge in [0.25, 0.3) is 5.91 Å². The van der Waals surface area contributed by atoms with Crippen molar-refractivity contribution in [2.75, 3.05) is 7.11 Å². The molecule has 126 valence electrons. The Morgan fingerprint density at radius 2 is 2.00 bits per heavy atom. The molecule has 0 aliphatic carbocycles. The van der Waals surface area contributed by atoms with Gasteiger partial charge in [0.05, 0.1) is 19.0 Å². The molecule has 1 heterocycles. The quantitative estimate of drug-likeness (QED) is 0.556. The third-order valence-corrected chi connectivity index (χ3v) is 3.65. The highest BCUT2D eigenvalue weighted by Gasteiger charge is 2.10. The highest BCUT2D eigenvalue weighted by atomic mass is 16.5. The second-order valence-corrected chi connectivity index (χ2v) is 5.51. The predicted molar refractivity (Wildman–Crippen MR) is 96.8 cm³/mol. The van der Waals surface area contributed by atoms with E-state index in [2.05, 4.69) is 20.7 Å². The molecule has 25 heavy (non-hydrogen) atoms. The van der Waals surface area contributed by atoms with E-state index < -0.39 is 0 Å². The number of benzene rings is 2. The topological polar surface area (TPSA) is 79.4 Å². The normalized spacial score (nSPS) is 10.8. The van der Waals surface area contributed by atoms with Crippen LogP contribution in [0.25, 0.3) is 11.3 Å². The molecule has 0 aliphatic rings. The fourth-order valence-electron chi connectivity index (χ4n) is 2.25. The number of amides is 1. The van der Waals surface area contributed by atoms with Crippen LogP contribution in [0.2, 0.25) is 0 Å². The van der Waals surface area contributed by atoms with Crippen LogP contribution in [0.5, 0.6) is 5.75 Å². The highest BCUT2D eigenvalue weighted by Crippen LogP contribution is 2.22. The van der Waals surface area contributed by atoms with Crippen molar-refractivity contribution in [2.45, 2.75) is 6.92 Å². The van der Waals surface area contributed by atoms with Crippen LogP contribution in [0.3, 0.4) is 0 Å². The molecule has 6 heteroatoms. The molecule has 2 aromatic carbocycles. The van der Waals surface area contributed by atoms with E-state index in [1.54, 1.807) is 19.4 Å². The predicted octanol–water partition coefficient (Wildman–Crippen LogP) is 3.16. The van der Waals surface area contributed by atoms with Gasteiger partial charge in [-0.15, -0.1) is 0 Å². The maximum absolute atomic E-state index is 12.1. The summed E-state index contributed by atoms with van der Waals surface area (Å²) in [5.74, 6) is 0.374. The Morgan fingerprint density at radius 3 is 2.76 bits per heavy atom. The Balaban J connectivity index is 1.67. The van der Waals surface area contributed by atoms with Crippen LogP contribution >= 0.6 is 0 Å². The molecule has 1 amide bonds. The summed E-state index contributed by atoms with van der Waals surface area (Å²) in [6.07, 6.45) is 1.59. The first-order valence-electron chi connectivity index (χ1n) is 7.75. The van der Waals surface area contributed by atoms with Gasteiger partial charge in [-0.1, -0.05) is 42.0 Å². The highest BCUT2D eigenvalue weighted by molar-refractivity contribution is 5.94. The lowest BCUT2D eigenvalue weighted by Crippen LogP contribution is -2.17. The van der Waals surface area contributed by atoms with E-state index in [1.807, 2.05) is 55.5 Å². The van der Waals surface area contributed by atoms with E-state index in [1.165, 1.54) is 5.56 Å².